The number of nitriles is 1. The van der Waals surface area contributed by atoms with E-state index < -0.39 is 30.1 Å². The van der Waals surface area contributed by atoms with E-state index in [1.165, 1.54) is 30.2 Å². The third-order valence-corrected chi connectivity index (χ3v) is 4.69. The predicted octanol–water partition coefficient (Wildman–Crippen LogP) is 2.07. The van der Waals surface area contributed by atoms with Crippen molar-refractivity contribution in [2.75, 3.05) is 6.54 Å². The Labute approximate surface area is 163 Å². The minimum atomic E-state index is -0.914. The zero-order chi connectivity index (χ0) is 20.7. The summed E-state index contributed by atoms with van der Waals surface area (Å²) >= 11 is 0. The van der Waals surface area contributed by atoms with Crippen molar-refractivity contribution in [2.24, 2.45) is 0 Å². The highest BCUT2D eigenvalue weighted by molar-refractivity contribution is 5.74. The van der Waals surface area contributed by atoms with Gasteiger partial charge in [0.25, 0.3) is 0 Å². The second-order valence-corrected chi connectivity index (χ2v) is 6.56. The molecule has 1 aromatic heterocycles. The zero-order valence-corrected chi connectivity index (χ0v) is 15.1. The number of fused-ring (bicyclic) bond motifs is 2. The molecule has 0 saturated carbocycles. The largest absolute Gasteiger partial charge is 0.466 e. The van der Waals surface area contributed by atoms with Gasteiger partial charge in [0, 0.05) is 24.8 Å². The molecule has 1 saturated heterocycles. The molecule has 0 unspecified atom stereocenters. The van der Waals surface area contributed by atoms with Crippen LogP contribution in [0.4, 0.5) is 13.6 Å². The molecule has 2 aliphatic heterocycles. The van der Waals surface area contributed by atoms with E-state index in [-0.39, 0.29) is 47.1 Å². The molecule has 10 heteroatoms. The van der Waals surface area contributed by atoms with Crippen LogP contribution in [-0.2, 0) is 16.1 Å². The fourth-order valence-corrected chi connectivity index (χ4v) is 3.30. The van der Waals surface area contributed by atoms with Crippen LogP contribution < -0.4 is 10.1 Å². The summed E-state index contributed by atoms with van der Waals surface area (Å²) < 4.78 is 40.7. The summed E-state index contributed by atoms with van der Waals surface area (Å²) in [5.41, 5.74) is -0.0653. The van der Waals surface area contributed by atoms with Gasteiger partial charge in [0.15, 0.2) is 6.10 Å². The average Bonchev–Trinajstić information content (AvgIpc) is 3.00. The maximum absolute atomic E-state index is 15.2. The van der Waals surface area contributed by atoms with Crippen molar-refractivity contribution in [2.45, 2.75) is 25.8 Å². The quantitative estimate of drug-likeness (QED) is 0.846. The number of rotatable bonds is 3. The van der Waals surface area contributed by atoms with Gasteiger partial charge in [0.05, 0.1) is 24.2 Å². The van der Waals surface area contributed by atoms with Crippen LogP contribution in [-0.4, -0.2) is 40.8 Å². The minimum Gasteiger partial charge on any atom is -0.466 e. The maximum atomic E-state index is 15.2. The lowest BCUT2D eigenvalue weighted by molar-refractivity contribution is -0.119. The summed E-state index contributed by atoms with van der Waals surface area (Å²) in [6.45, 7) is 1.14. The first-order valence-corrected chi connectivity index (χ1v) is 8.64. The number of carbonyl (C=O) groups is 2. The number of benzene rings is 1. The van der Waals surface area contributed by atoms with Crippen LogP contribution in [0.25, 0.3) is 11.1 Å². The Kier molecular flexibility index (Phi) is 4.50. The number of hydrogen-bond donors (Lipinski definition) is 1. The molecular weight excluding hydrogens is 386 g/mol. The molecule has 2 aliphatic rings. The Hall–Kier alpha value is -3.74. The highest BCUT2D eigenvalue weighted by Gasteiger charge is 2.47. The Morgan fingerprint density at radius 1 is 1.41 bits per heavy atom. The highest BCUT2D eigenvalue weighted by Crippen LogP contribution is 2.40. The minimum absolute atomic E-state index is 0.000799. The van der Waals surface area contributed by atoms with Crippen LogP contribution in [0.5, 0.6) is 5.75 Å². The Balaban J connectivity index is 1.69. The van der Waals surface area contributed by atoms with Crippen LogP contribution >= 0.6 is 0 Å². The Morgan fingerprint density at radius 2 is 2.21 bits per heavy atom. The molecule has 0 aliphatic carbocycles. The van der Waals surface area contributed by atoms with Crippen molar-refractivity contribution >= 4 is 12.0 Å². The highest BCUT2D eigenvalue weighted by atomic mass is 19.1. The van der Waals surface area contributed by atoms with E-state index in [0.29, 0.717) is 0 Å². The van der Waals surface area contributed by atoms with Crippen molar-refractivity contribution in [1.82, 2.24) is 15.2 Å². The number of aromatic nitrogens is 1. The number of carbonyl (C=O) groups excluding carboxylic acids is 2. The summed E-state index contributed by atoms with van der Waals surface area (Å²) in [5.74, 6) is -2.11. The molecule has 1 fully saturated rings. The van der Waals surface area contributed by atoms with Crippen molar-refractivity contribution in [3.05, 3.63) is 47.3 Å². The molecule has 0 bridgehead atoms. The maximum Gasteiger partial charge on any atom is 0.413 e. The van der Waals surface area contributed by atoms with Gasteiger partial charge in [-0.25, -0.2) is 18.6 Å². The number of hydrogen-bond acceptors (Lipinski definition) is 6. The summed E-state index contributed by atoms with van der Waals surface area (Å²) in [6.07, 6.45) is -1.25. The first-order valence-electron chi connectivity index (χ1n) is 8.64. The lowest BCUT2D eigenvalue weighted by Gasteiger charge is -2.32. The number of nitrogens with one attached hydrogen (secondary N) is 1. The summed E-state index contributed by atoms with van der Waals surface area (Å²) in [6, 6.07) is 5.62. The molecular formula is C19H14F2N4O4. The lowest BCUT2D eigenvalue weighted by atomic mass is 10.00. The average molecular weight is 400 g/mol. The molecule has 148 valence electrons. The van der Waals surface area contributed by atoms with Crippen molar-refractivity contribution in [3.8, 4) is 22.9 Å². The van der Waals surface area contributed by atoms with Crippen LogP contribution in [0.3, 0.4) is 0 Å². The van der Waals surface area contributed by atoms with E-state index in [9.17, 15) is 14.0 Å². The van der Waals surface area contributed by atoms with Gasteiger partial charge < -0.3 is 14.8 Å². The van der Waals surface area contributed by atoms with Gasteiger partial charge in [-0.3, -0.25) is 9.69 Å². The van der Waals surface area contributed by atoms with E-state index >= 15 is 4.39 Å². The van der Waals surface area contributed by atoms with Gasteiger partial charge in [-0.1, -0.05) is 0 Å². The number of pyridine rings is 1. The third-order valence-electron chi connectivity index (χ3n) is 4.69. The Bertz CT molecular complexity index is 1050. The van der Waals surface area contributed by atoms with Crippen molar-refractivity contribution < 1.29 is 27.8 Å². The van der Waals surface area contributed by atoms with Gasteiger partial charge >= 0.3 is 6.09 Å². The Morgan fingerprint density at radius 3 is 2.86 bits per heavy atom. The molecule has 8 nitrogen and oxygen atoms in total. The normalized spacial score (nSPS) is 19.5. The lowest BCUT2D eigenvalue weighted by Crippen LogP contribution is -2.47. The van der Waals surface area contributed by atoms with Gasteiger partial charge in [-0.15, -0.1) is 0 Å². The second-order valence-electron chi connectivity index (χ2n) is 6.56. The molecule has 3 heterocycles. The molecule has 29 heavy (non-hydrogen) atoms. The monoisotopic (exact) mass is 400 g/mol. The molecule has 0 radical (unpaired) electrons. The van der Waals surface area contributed by atoms with Crippen molar-refractivity contribution in [1.29, 1.82) is 5.26 Å². The predicted molar refractivity (Wildman–Crippen MR) is 93.2 cm³/mol. The fourth-order valence-electron chi connectivity index (χ4n) is 3.30. The molecule has 1 N–H and O–H groups in total. The van der Waals surface area contributed by atoms with E-state index in [0.717, 1.165) is 6.07 Å². The smallest absolute Gasteiger partial charge is 0.413 e. The van der Waals surface area contributed by atoms with Crippen LogP contribution in [0.1, 0.15) is 18.2 Å². The van der Waals surface area contributed by atoms with Gasteiger partial charge in [0.1, 0.15) is 29.1 Å². The third kappa shape index (κ3) is 3.20. The zero-order valence-electron chi connectivity index (χ0n) is 15.1. The van der Waals surface area contributed by atoms with E-state index in [4.69, 9.17) is 14.7 Å². The molecule has 2 amide bonds. The van der Waals surface area contributed by atoms with Crippen molar-refractivity contribution in [3.63, 3.8) is 0 Å². The van der Waals surface area contributed by atoms with Crippen LogP contribution in [0, 0.1) is 23.0 Å². The number of ether oxygens (including phenoxy) is 2. The number of halogens is 2. The first-order chi connectivity index (χ1) is 13.9. The van der Waals surface area contributed by atoms with Gasteiger partial charge in [0.2, 0.25) is 12.1 Å². The summed E-state index contributed by atoms with van der Waals surface area (Å²) in [4.78, 5) is 28.3. The number of nitrogens with zero attached hydrogens (tertiary/aromatic N) is 3. The van der Waals surface area contributed by atoms with Crippen LogP contribution in [0.15, 0.2) is 24.4 Å². The topological polar surface area (TPSA) is 105 Å². The number of cyclic esters (lactones) is 1. The van der Waals surface area contributed by atoms with Crippen LogP contribution in [0.2, 0.25) is 0 Å². The first kappa shape index (κ1) is 18.6. The second kappa shape index (κ2) is 7.01. The molecule has 2 atom stereocenters. The summed E-state index contributed by atoms with van der Waals surface area (Å²) in [5, 5.41) is 11.3. The van der Waals surface area contributed by atoms with Gasteiger partial charge in [-0.05, 0) is 12.1 Å². The number of amides is 2. The van der Waals surface area contributed by atoms with Gasteiger partial charge in [-0.2, -0.15) is 5.26 Å². The molecule has 0 spiro atoms. The molecule has 1 aromatic carbocycles. The molecule has 2 aromatic rings. The van der Waals surface area contributed by atoms with E-state index in [1.54, 1.807) is 0 Å². The molecule has 4 rings (SSSR count). The fraction of sp³-hybridized carbons (Fsp3) is 0.263. The van der Waals surface area contributed by atoms with E-state index in [2.05, 4.69) is 10.3 Å². The SMILES string of the molecule is CC(=O)NC[C@@H]1OC(=O)N2Cc3c(cc(F)c(-c4ccc(C#N)nc4)c3F)O[C@@H]12. The van der Waals surface area contributed by atoms with E-state index in [1.807, 2.05) is 6.07 Å². The standard InChI is InChI=1S/C19H14F2N4O4/c1-9(26)23-7-15-18-25(19(27)29-15)8-12-14(28-18)4-13(20)16(17(12)21)10-2-3-11(5-22)24-6-10/h2-4,6,15,18H,7-8H2,1H3,(H,23,26)/t15-,18-/m0/s1. The summed E-state index contributed by atoms with van der Waals surface area (Å²) in [7, 11) is 0.